The van der Waals surface area contributed by atoms with Gasteiger partial charge in [0.2, 0.25) is 0 Å². The number of nitrogens with two attached hydrogens (primary N) is 1. The van der Waals surface area contributed by atoms with Gasteiger partial charge in [0.1, 0.15) is 5.82 Å². The zero-order chi connectivity index (χ0) is 14.7. The van der Waals surface area contributed by atoms with Gasteiger partial charge in [-0.05, 0) is 36.4 Å². The second-order valence-corrected chi connectivity index (χ2v) is 6.06. The Hall–Kier alpha value is -1.75. The Labute approximate surface area is 132 Å². The number of fused-ring (bicyclic) bond motifs is 1. The molecule has 2 aromatic carbocycles. The molecule has 3 nitrogen and oxygen atoms in total. The molecule has 0 saturated heterocycles. The lowest BCUT2D eigenvalue weighted by Crippen LogP contribution is -2.11. The number of thioether (sulfide) groups is 1. The molecular formula is C16H14ClN3S. The molecule has 0 saturated carbocycles. The molecule has 0 atom stereocenters. The Bertz CT molecular complexity index is 759. The summed E-state index contributed by atoms with van der Waals surface area (Å²) in [5, 5.41) is 1.86. The first-order chi connectivity index (χ1) is 10.3. The maximum Gasteiger partial charge on any atom is 0.144 e. The summed E-state index contributed by atoms with van der Waals surface area (Å²) in [6, 6.07) is 17.9. The monoisotopic (exact) mass is 315 g/mol. The fourth-order valence-electron chi connectivity index (χ4n) is 2.09. The minimum atomic E-state index is 0.718. The Kier molecular flexibility index (Phi) is 4.29. The van der Waals surface area contributed by atoms with E-state index < -0.39 is 0 Å². The van der Waals surface area contributed by atoms with Crippen molar-refractivity contribution in [3.63, 3.8) is 0 Å². The van der Waals surface area contributed by atoms with Gasteiger partial charge in [0.15, 0.2) is 0 Å². The van der Waals surface area contributed by atoms with Gasteiger partial charge < -0.3 is 5.43 Å². The predicted molar refractivity (Wildman–Crippen MR) is 90.6 cm³/mol. The van der Waals surface area contributed by atoms with Crippen molar-refractivity contribution < 1.29 is 0 Å². The number of nitrogens with one attached hydrogen (secondary N) is 1. The molecule has 0 aliphatic rings. The molecule has 0 bridgehead atoms. The zero-order valence-corrected chi connectivity index (χ0v) is 12.8. The summed E-state index contributed by atoms with van der Waals surface area (Å²) in [5.41, 5.74) is 4.70. The minimum Gasteiger partial charge on any atom is -0.308 e. The van der Waals surface area contributed by atoms with Crippen LogP contribution in [0.15, 0.2) is 59.5 Å². The van der Waals surface area contributed by atoms with E-state index in [1.807, 2.05) is 42.5 Å². The second-order valence-electron chi connectivity index (χ2n) is 4.58. The largest absolute Gasteiger partial charge is 0.308 e. The normalized spacial score (nSPS) is 10.8. The molecule has 0 unspecified atom stereocenters. The third kappa shape index (κ3) is 3.29. The van der Waals surface area contributed by atoms with Gasteiger partial charge in [-0.3, -0.25) is 0 Å². The van der Waals surface area contributed by atoms with E-state index in [4.69, 9.17) is 17.4 Å². The summed E-state index contributed by atoms with van der Waals surface area (Å²) in [4.78, 5) is 5.71. The van der Waals surface area contributed by atoms with Crippen LogP contribution < -0.4 is 11.3 Å². The second kappa shape index (κ2) is 6.35. The fourth-order valence-corrected chi connectivity index (χ4v) is 3.08. The molecule has 1 aromatic heterocycles. The molecule has 0 aliphatic heterocycles. The molecule has 3 N–H and O–H groups in total. The highest BCUT2D eigenvalue weighted by Gasteiger charge is 2.06. The maximum absolute atomic E-state index is 5.90. The molecule has 3 rings (SSSR count). The van der Waals surface area contributed by atoms with Gasteiger partial charge in [0.25, 0.3) is 0 Å². The lowest BCUT2D eigenvalue weighted by Gasteiger charge is -2.10. The number of hydrazine groups is 1. The van der Waals surface area contributed by atoms with Crippen molar-refractivity contribution >= 4 is 40.1 Å². The van der Waals surface area contributed by atoms with Crippen LogP contribution in [0.3, 0.4) is 0 Å². The van der Waals surface area contributed by atoms with Gasteiger partial charge in [-0.1, -0.05) is 29.8 Å². The van der Waals surface area contributed by atoms with Crippen LogP contribution in [-0.4, -0.2) is 4.98 Å². The maximum atomic E-state index is 5.90. The highest BCUT2D eigenvalue weighted by Crippen LogP contribution is 2.28. The van der Waals surface area contributed by atoms with Gasteiger partial charge in [0.05, 0.1) is 5.52 Å². The lowest BCUT2D eigenvalue weighted by molar-refractivity contribution is 1.21. The van der Waals surface area contributed by atoms with Crippen LogP contribution >= 0.6 is 23.4 Å². The number of nitrogens with zero attached hydrogens (tertiary/aromatic N) is 1. The van der Waals surface area contributed by atoms with E-state index >= 15 is 0 Å². The highest BCUT2D eigenvalue weighted by molar-refractivity contribution is 7.98. The number of benzene rings is 2. The molecule has 3 aromatic rings. The van der Waals surface area contributed by atoms with Gasteiger partial charge >= 0.3 is 0 Å². The summed E-state index contributed by atoms with van der Waals surface area (Å²) in [7, 11) is 0. The van der Waals surface area contributed by atoms with Gasteiger partial charge in [-0.25, -0.2) is 10.8 Å². The number of halogens is 1. The van der Waals surface area contributed by atoms with E-state index in [0.29, 0.717) is 0 Å². The number of nitrogen functional groups attached to an aromatic ring is 1. The van der Waals surface area contributed by atoms with Crippen LogP contribution in [0.2, 0.25) is 5.02 Å². The van der Waals surface area contributed by atoms with Crippen molar-refractivity contribution in [1.82, 2.24) is 4.98 Å². The molecular weight excluding hydrogens is 302 g/mol. The summed E-state index contributed by atoms with van der Waals surface area (Å²) >= 11 is 7.62. The Morgan fingerprint density at radius 3 is 2.62 bits per heavy atom. The molecule has 0 radical (unpaired) electrons. The van der Waals surface area contributed by atoms with Gasteiger partial charge in [0, 0.05) is 26.6 Å². The van der Waals surface area contributed by atoms with Crippen molar-refractivity contribution in [3.05, 3.63) is 65.2 Å². The van der Waals surface area contributed by atoms with E-state index in [9.17, 15) is 0 Å². The van der Waals surface area contributed by atoms with Crippen molar-refractivity contribution in [3.8, 4) is 0 Å². The molecule has 0 aliphatic carbocycles. The summed E-state index contributed by atoms with van der Waals surface area (Å²) in [6.07, 6.45) is 0. The number of rotatable bonds is 4. The van der Waals surface area contributed by atoms with E-state index in [1.165, 1.54) is 0 Å². The minimum absolute atomic E-state index is 0.718. The summed E-state index contributed by atoms with van der Waals surface area (Å²) < 4.78 is 0. The highest BCUT2D eigenvalue weighted by atomic mass is 35.5. The predicted octanol–water partition coefficient (Wildman–Crippen LogP) is 4.47. The first-order valence-electron chi connectivity index (χ1n) is 6.50. The third-order valence-electron chi connectivity index (χ3n) is 3.15. The summed E-state index contributed by atoms with van der Waals surface area (Å²) in [5.74, 6) is 7.10. The Morgan fingerprint density at radius 2 is 1.86 bits per heavy atom. The lowest BCUT2D eigenvalue weighted by atomic mass is 10.1. The molecule has 1 heterocycles. The van der Waals surface area contributed by atoms with Crippen molar-refractivity contribution in [2.75, 3.05) is 5.43 Å². The van der Waals surface area contributed by atoms with Crippen LogP contribution in [0, 0.1) is 0 Å². The molecule has 21 heavy (non-hydrogen) atoms. The van der Waals surface area contributed by atoms with E-state index in [2.05, 4.69) is 22.5 Å². The number of anilines is 1. The SMILES string of the molecule is NNc1nc2ccccc2cc1CSc1ccc(Cl)cc1. The van der Waals surface area contributed by atoms with Gasteiger partial charge in [-0.15, -0.1) is 11.8 Å². The summed E-state index contributed by atoms with van der Waals surface area (Å²) in [6.45, 7) is 0. The first kappa shape index (κ1) is 14.2. The zero-order valence-electron chi connectivity index (χ0n) is 11.2. The van der Waals surface area contributed by atoms with Crippen LogP contribution in [-0.2, 0) is 5.75 Å². The topological polar surface area (TPSA) is 50.9 Å². The van der Waals surface area contributed by atoms with Crippen LogP contribution in [0.1, 0.15) is 5.56 Å². The van der Waals surface area contributed by atoms with Crippen LogP contribution in [0.25, 0.3) is 10.9 Å². The average molecular weight is 316 g/mol. The Morgan fingerprint density at radius 1 is 1.10 bits per heavy atom. The average Bonchev–Trinajstić information content (AvgIpc) is 2.53. The van der Waals surface area contributed by atoms with E-state index in [0.717, 1.165) is 38.0 Å². The molecule has 0 spiro atoms. The molecule has 0 fully saturated rings. The van der Waals surface area contributed by atoms with Gasteiger partial charge in [-0.2, -0.15) is 0 Å². The van der Waals surface area contributed by atoms with E-state index in [-0.39, 0.29) is 0 Å². The first-order valence-corrected chi connectivity index (χ1v) is 7.86. The number of hydrogen-bond donors (Lipinski definition) is 2. The van der Waals surface area contributed by atoms with Crippen LogP contribution in [0.5, 0.6) is 0 Å². The Balaban J connectivity index is 1.86. The van der Waals surface area contributed by atoms with Crippen molar-refractivity contribution in [2.24, 2.45) is 5.84 Å². The van der Waals surface area contributed by atoms with E-state index in [1.54, 1.807) is 11.8 Å². The third-order valence-corrected chi connectivity index (χ3v) is 4.46. The molecule has 0 amide bonds. The molecule has 106 valence electrons. The number of aromatic nitrogens is 1. The number of pyridine rings is 1. The number of para-hydroxylation sites is 1. The quantitative estimate of drug-likeness (QED) is 0.424. The fraction of sp³-hybridized carbons (Fsp3) is 0.0625. The standard InChI is InChI=1S/C16H14ClN3S/c17-13-5-7-14(8-6-13)21-10-12-9-11-3-1-2-4-15(11)19-16(12)20-18/h1-9H,10,18H2,(H,19,20). The van der Waals surface area contributed by atoms with Crippen molar-refractivity contribution in [2.45, 2.75) is 10.6 Å². The smallest absolute Gasteiger partial charge is 0.144 e. The number of hydrogen-bond acceptors (Lipinski definition) is 4. The van der Waals surface area contributed by atoms with Crippen LogP contribution in [0.4, 0.5) is 5.82 Å². The molecule has 5 heteroatoms. The van der Waals surface area contributed by atoms with Crippen molar-refractivity contribution in [1.29, 1.82) is 0 Å².